The highest BCUT2D eigenvalue weighted by atomic mass is 79.9. The molecule has 0 aliphatic rings. The summed E-state index contributed by atoms with van der Waals surface area (Å²) in [6, 6.07) is 13.3. The van der Waals surface area contributed by atoms with E-state index < -0.39 is 0 Å². The van der Waals surface area contributed by atoms with Gasteiger partial charge in [0.25, 0.3) is 5.91 Å². The first kappa shape index (κ1) is 32.8. The Morgan fingerprint density at radius 1 is 0.897 bits per heavy atom. The Balaban J connectivity index is 0.00000533. The van der Waals surface area contributed by atoms with Gasteiger partial charge in [0, 0.05) is 11.6 Å². The third-order valence-corrected chi connectivity index (χ3v) is 7.51. The highest BCUT2D eigenvalue weighted by Crippen LogP contribution is 2.27. The van der Waals surface area contributed by atoms with Gasteiger partial charge in [0.15, 0.2) is 12.7 Å². The van der Waals surface area contributed by atoms with Gasteiger partial charge in [0.2, 0.25) is 5.51 Å². The van der Waals surface area contributed by atoms with Crippen LogP contribution in [0.25, 0.3) is 0 Å². The van der Waals surface area contributed by atoms with Crippen LogP contribution in [-0.4, -0.2) is 19.6 Å². The van der Waals surface area contributed by atoms with Crippen molar-refractivity contribution in [3.63, 3.8) is 0 Å². The summed E-state index contributed by atoms with van der Waals surface area (Å²) in [5.41, 5.74) is 4.43. The number of nitrogens with zero attached hydrogens (tertiary/aromatic N) is 1. The van der Waals surface area contributed by atoms with Crippen molar-refractivity contribution >= 4 is 22.9 Å². The van der Waals surface area contributed by atoms with Crippen LogP contribution in [0.3, 0.4) is 0 Å². The minimum atomic E-state index is -0.180. The van der Waals surface area contributed by atoms with Crippen molar-refractivity contribution in [3.05, 3.63) is 70.7 Å². The van der Waals surface area contributed by atoms with E-state index in [9.17, 15) is 4.79 Å². The van der Waals surface area contributed by atoms with Crippen LogP contribution >= 0.6 is 11.3 Å². The molecule has 0 fully saturated rings. The van der Waals surface area contributed by atoms with E-state index in [1.165, 1.54) is 64.2 Å². The van der Waals surface area contributed by atoms with Gasteiger partial charge < -0.3 is 31.8 Å². The van der Waals surface area contributed by atoms with E-state index in [0.717, 1.165) is 24.1 Å². The summed E-state index contributed by atoms with van der Waals surface area (Å²) in [7, 11) is 1.63. The maximum absolute atomic E-state index is 13.3. The average molecular weight is 618 g/mol. The molecule has 0 saturated heterocycles. The van der Waals surface area contributed by atoms with Crippen LogP contribution in [0.1, 0.15) is 99.9 Å². The highest BCUT2D eigenvalue weighted by molar-refractivity contribution is 7.07. The van der Waals surface area contributed by atoms with E-state index >= 15 is 0 Å². The normalized spacial score (nSPS) is 10.6. The average Bonchev–Trinajstić information content (AvgIpc) is 3.45. The van der Waals surface area contributed by atoms with Crippen molar-refractivity contribution in [1.29, 1.82) is 0 Å². The van der Waals surface area contributed by atoms with Crippen LogP contribution in [0.5, 0.6) is 11.5 Å². The predicted molar refractivity (Wildman–Crippen MR) is 158 cm³/mol. The number of thiazole rings is 1. The minimum Gasteiger partial charge on any atom is -1.00 e. The molecule has 0 radical (unpaired) electrons. The van der Waals surface area contributed by atoms with Gasteiger partial charge in [-0.3, -0.25) is 4.79 Å². The van der Waals surface area contributed by atoms with Crippen LogP contribution in [-0.2, 0) is 6.54 Å². The molecule has 0 spiro atoms. The van der Waals surface area contributed by atoms with Crippen molar-refractivity contribution in [2.24, 2.45) is 0 Å². The zero-order valence-electron chi connectivity index (χ0n) is 23.6. The second-order valence-electron chi connectivity index (χ2n) is 9.91. The smallest absolute Gasteiger partial charge is 0.259 e. The molecule has 3 rings (SSSR count). The molecule has 0 unspecified atom stereocenters. The van der Waals surface area contributed by atoms with Crippen molar-refractivity contribution in [2.75, 3.05) is 19.0 Å². The van der Waals surface area contributed by atoms with E-state index in [1.54, 1.807) is 30.6 Å². The lowest BCUT2D eigenvalue weighted by molar-refractivity contribution is -0.683. The van der Waals surface area contributed by atoms with Crippen LogP contribution in [0.2, 0.25) is 0 Å². The molecule has 5 nitrogen and oxygen atoms in total. The fourth-order valence-corrected chi connectivity index (χ4v) is 5.18. The fraction of sp³-hybridized carbons (Fsp3) is 0.500. The summed E-state index contributed by atoms with van der Waals surface area (Å²) in [6.07, 6.45) is 17.7. The first-order valence-electron chi connectivity index (χ1n) is 14.3. The molecule has 1 heterocycles. The van der Waals surface area contributed by atoms with Gasteiger partial charge in [-0.2, -0.15) is 4.57 Å². The van der Waals surface area contributed by atoms with Crippen LogP contribution in [0.4, 0.5) is 5.69 Å². The zero-order valence-corrected chi connectivity index (χ0v) is 26.0. The van der Waals surface area contributed by atoms with Gasteiger partial charge >= 0.3 is 0 Å². The van der Waals surface area contributed by atoms with Gasteiger partial charge in [-0.05, 0) is 24.6 Å². The Bertz CT molecular complexity index is 1080. The highest BCUT2D eigenvalue weighted by Gasteiger charge is 2.17. The number of anilines is 1. The molecule has 214 valence electrons. The third-order valence-electron chi connectivity index (χ3n) is 6.83. The molecule has 1 aromatic heterocycles. The molecule has 0 bridgehead atoms. The first-order chi connectivity index (χ1) is 18.7. The monoisotopic (exact) mass is 616 g/mol. The van der Waals surface area contributed by atoms with Gasteiger partial charge in [-0.25, -0.2) is 0 Å². The molecule has 3 aromatic rings. The van der Waals surface area contributed by atoms with Crippen LogP contribution in [0, 0.1) is 0 Å². The molecule has 2 aromatic carbocycles. The summed E-state index contributed by atoms with van der Waals surface area (Å²) in [4.78, 5) is 13.3. The van der Waals surface area contributed by atoms with Crippen molar-refractivity contribution < 1.29 is 35.8 Å². The standard InChI is InChI=1S/C32H44N2O3S.BrH/c1-3-4-5-6-7-8-9-10-11-12-13-16-22-37-31-24-28(36-2)19-20-29(31)32(35)33-30-18-15-14-17-27(30)25-34-21-23-38-26-34;/h14-15,17-21,23-24,26H,3-13,16,22,25H2,1-2H3;1H. The van der Waals surface area contributed by atoms with Crippen molar-refractivity contribution in [2.45, 2.75) is 90.5 Å². The molecule has 1 N–H and O–H groups in total. The second kappa shape index (κ2) is 19.6. The van der Waals surface area contributed by atoms with Crippen molar-refractivity contribution in [1.82, 2.24) is 0 Å². The van der Waals surface area contributed by atoms with E-state index in [0.29, 0.717) is 30.2 Å². The van der Waals surface area contributed by atoms with Crippen LogP contribution in [0.15, 0.2) is 59.6 Å². The number of nitrogens with one attached hydrogen (secondary N) is 1. The molecule has 0 aliphatic heterocycles. The summed E-state index contributed by atoms with van der Waals surface area (Å²) in [5.74, 6) is 1.07. The molecule has 0 atom stereocenters. The molecule has 0 aliphatic carbocycles. The summed E-state index contributed by atoms with van der Waals surface area (Å²) < 4.78 is 13.6. The number of para-hydroxylation sites is 1. The van der Waals surface area contributed by atoms with Gasteiger partial charge in [-0.15, -0.1) is 0 Å². The van der Waals surface area contributed by atoms with E-state index in [1.807, 2.05) is 41.9 Å². The molecular weight excluding hydrogens is 572 g/mol. The summed E-state index contributed by atoms with van der Waals surface area (Å²) in [5, 5.41) is 5.14. The molecular formula is C32H45BrN2O3S. The largest absolute Gasteiger partial charge is 1.00 e. The number of methoxy groups -OCH3 is 1. The maximum atomic E-state index is 13.3. The number of halogens is 1. The Morgan fingerprint density at radius 3 is 2.21 bits per heavy atom. The number of hydrogen-bond acceptors (Lipinski definition) is 4. The lowest BCUT2D eigenvalue weighted by Gasteiger charge is -2.14. The summed E-state index contributed by atoms with van der Waals surface area (Å²) >= 11 is 1.65. The second-order valence-corrected chi connectivity index (χ2v) is 10.7. The number of ether oxygens (including phenoxy) is 2. The van der Waals surface area contributed by atoms with Gasteiger partial charge in [0.05, 0.1) is 30.3 Å². The number of benzene rings is 2. The number of carbonyl (C=O) groups excluding carboxylic acids is 1. The van der Waals surface area contributed by atoms with Crippen molar-refractivity contribution in [3.8, 4) is 11.5 Å². The first-order valence-corrected chi connectivity index (χ1v) is 15.3. The number of amides is 1. The SMILES string of the molecule is CCCCCCCCCCCCCCOc1cc(OC)ccc1C(=O)Nc1ccccc1C[n+]1ccsc1.[Br-]. The lowest BCUT2D eigenvalue weighted by atomic mass is 10.1. The lowest BCUT2D eigenvalue weighted by Crippen LogP contribution is -3.00. The quantitative estimate of drug-likeness (QED) is 0.144. The molecule has 39 heavy (non-hydrogen) atoms. The number of rotatable bonds is 19. The molecule has 1 amide bonds. The number of hydrogen-bond donors (Lipinski definition) is 1. The van der Waals surface area contributed by atoms with Gasteiger partial charge in [0.1, 0.15) is 11.5 Å². The zero-order chi connectivity index (χ0) is 26.8. The Hall–Kier alpha value is -2.38. The molecule has 7 heteroatoms. The molecule has 0 saturated carbocycles. The topological polar surface area (TPSA) is 51.4 Å². The Kier molecular flexibility index (Phi) is 16.5. The van der Waals surface area contributed by atoms with E-state index in [-0.39, 0.29) is 22.9 Å². The number of aromatic nitrogens is 1. The third kappa shape index (κ3) is 12.1. The predicted octanol–water partition coefficient (Wildman–Crippen LogP) is 5.43. The fourth-order valence-electron chi connectivity index (χ4n) is 4.58. The van der Waals surface area contributed by atoms with Gasteiger partial charge in [-0.1, -0.05) is 107 Å². The minimum absolute atomic E-state index is 0. The van der Waals surface area contributed by atoms with E-state index in [2.05, 4.69) is 22.3 Å². The number of carbonyl (C=O) groups is 1. The van der Waals surface area contributed by atoms with Crippen LogP contribution < -0.4 is 36.3 Å². The Morgan fingerprint density at radius 2 is 1.56 bits per heavy atom. The number of unbranched alkanes of at least 4 members (excludes halogenated alkanes) is 11. The maximum Gasteiger partial charge on any atom is 0.259 e. The Labute approximate surface area is 249 Å². The summed E-state index contributed by atoms with van der Waals surface area (Å²) in [6.45, 7) is 3.56. The van der Waals surface area contributed by atoms with E-state index in [4.69, 9.17) is 9.47 Å².